The minimum absolute atomic E-state index is 0.0411. The van der Waals surface area contributed by atoms with Gasteiger partial charge in [0.1, 0.15) is 6.04 Å². The summed E-state index contributed by atoms with van der Waals surface area (Å²) in [5.41, 5.74) is 9.20. The Balaban J connectivity index is 1.18. The number of hydrogen-bond acceptors (Lipinski definition) is 13. The maximum absolute atomic E-state index is 13.0. The SMILES string of the molecule is C=C(C)CC(C)(CC)CCNC(=O)OC(C)OC(=O)[C@H]1CC[C@@H](NC[C@H](N)C(=O)Oc2ccc(C[C@H]3C(=O)OC[C@@H]3Cc3ccc(OC)c(OC)c3)cc2OC)CC1. The van der Waals surface area contributed by atoms with Crippen LogP contribution >= 0.6 is 0 Å². The zero-order chi connectivity index (χ0) is 42.4. The van der Waals surface area contributed by atoms with Gasteiger partial charge in [0.05, 0.1) is 39.8 Å². The van der Waals surface area contributed by atoms with Gasteiger partial charge >= 0.3 is 24.0 Å². The van der Waals surface area contributed by atoms with Gasteiger partial charge in [-0.1, -0.05) is 38.0 Å². The van der Waals surface area contributed by atoms with Crippen LogP contribution < -0.4 is 35.3 Å². The number of benzene rings is 2. The minimum atomic E-state index is -1.02. The Morgan fingerprint density at radius 3 is 2.17 bits per heavy atom. The van der Waals surface area contributed by atoms with E-state index in [0.717, 1.165) is 36.0 Å². The van der Waals surface area contributed by atoms with Crippen LogP contribution in [0.5, 0.6) is 23.0 Å². The van der Waals surface area contributed by atoms with E-state index in [1.807, 2.05) is 25.1 Å². The van der Waals surface area contributed by atoms with Gasteiger partial charge in [-0.3, -0.25) is 9.59 Å². The number of methoxy groups -OCH3 is 3. The standard InChI is InChI=1S/C44H63N3O11/c1-9-44(5,24-27(2)3)18-19-46-43(51)57-28(4)56-40(48)31-12-14-33(15-13-31)47-25-35(45)42(50)58-37-17-11-30(23-39(37)54-8)21-34-32(26-55-41(34)49)20-29-10-16-36(52-6)38(22-29)53-7/h10-11,16-17,22-23,28,31-35,47H,2,9,12-15,18-21,24-26,45H2,1,3-8H3,(H,46,51)/t28?,31-,32-,33+,34+,35-,44?/m0/s1. The summed E-state index contributed by atoms with van der Waals surface area (Å²) in [4.78, 5) is 50.9. The number of amides is 1. The van der Waals surface area contributed by atoms with Crippen molar-refractivity contribution >= 4 is 24.0 Å². The van der Waals surface area contributed by atoms with Crippen molar-refractivity contribution in [1.82, 2.24) is 10.6 Å². The van der Waals surface area contributed by atoms with E-state index in [9.17, 15) is 19.2 Å². The summed E-state index contributed by atoms with van der Waals surface area (Å²) in [6, 6.07) is 10.0. The van der Waals surface area contributed by atoms with E-state index >= 15 is 0 Å². The van der Waals surface area contributed by atoms with E-state index in [4.69, 9.17) is 38.9 Å². The van der Waals surface area contributed by atoms with Gasteiger partial charge in [-0.05, 0) is 99.1 Å². The van der Waals surface area contributed by atoms with Gasteiger partial charge in [0.25, 0.3) is 0 Å². The molecule has 2 unspecified atom stereocenters. The summed E-state index contributed by atoms with van der Waals surface area (Å²) in [5.74, 6) is -0.215. The van der Waals surface area contributed by atoms with Crippen molar-refractivity contribution in [3.8, 4) is 23.0 Å². The predicted octanol–water partition coefficient (Wildman–Crippen LogP) is 6.06. The summed E-state index contributed by atoms with van der Waals surface area (Å²) in [6.07, 6.45) is 4.52. The van der Waals surface area contributed by atoms with Crippen LogP contribution in [0, 0.1) is 23.2 Å². The highest BCUT2D eigenvalue weighted by Gasteiger charge is 2.37. The van der Waals surface area contributed by atoms with Gasteiger partial charge in [-0.2, -0.15) is 0 Å². The molecule has 0 spiro atoms. The molecule has 5 atom stereocenters. The van der Waals surface area contributed by atoms with Crippen molar-refractivity contribution in [2.45, 2.75) is 104 Å². The smallest absolute Gasteiger partial charge is 0.410 e. The topological polar surface area (TPSA) is 183 Å². The molecule has 4 N–H and O–H groups in total. The zero-order valence-corrected chi connectivity index (χ0v) is 35.2. The van der Waals surface area contributed by atoms with Crippen LogP contribution in [-0.4, -0.2) is 83.4 Å². The Bertz CT molecular complexity index is 1730. The second-order valence-electron chi connectivity index (χ2n) is 15.9. The quantitative estimate of drug-likeness (QED) is 0.0574. The van der Waals surface area contributed by atoms with Crippen molar-refractivity contribution in [3.63, 3.8) is 0 Å². The Morgan fingerprint density at radius 2 is 1.55 bits per heavy atom. The number of hydrogen-bond donors (Lipinski definition) is 3. The van der Waals surface area contributed by atoms with Crippen molar-refractivity contribution < 1.29 is 52.3 Å². The van der Waals surface area contributed by atoms with Crippen molar-refractivity contribution in [2.24, 2.45) is 28.9 Å². The molecular weight excluding hydrogens is 746 g/mol. The lowest BCUT2D eigenvalue weighted by molar-refractivity contribution is -0.171. The number of carbonyl (C=O) groups is 4. The fourth-order valence-corrected chi connectivity index (χ4v) is 7.70. The van der Waals surface area contributed by atoms with Crippen LogP contribution in [0.1, 0.15) is 83.8 Å². The van der Waals surface area contributed by atoms with Crippen LogP contribution in [0.25, 0.3) is 0 Å². The van der Waals surface area contributed by atoms with Crippen LogP contribution in [0.15, 0.2) is 48.6 Å². The Morgan fingerprint density at radius 1 is 0.931 bits per heavy atom. The molecule has 1 amide bonds. The number of allylic oxidation sites excluding steroid dienone is 1. The van der Waals surface area contributed by atoms with Crippen molar-refractivity contribution in [2.75, 3.05) is 41.0 Å². The minimum Gasteiger partial charge on any atom is -0.493 e. The molecule has 1 saturated carbocycles. The zero-order valence-electron chi connectivity index (χ0n) is 35.2. The summed E-state index contributed by atoms with van der Waals surface area (Å²) in [6.45, 7) is 12.8. The van der Waals surface area contributed by atoms with Gasteiger partial charge in [0.15, 0.2) is 23.0 Å². The van der Waals surface area contributed by atoms with E-state index in [-0.39, 0.29) is 47.5 Å². The van der Waals surface area contributed by atoms with Crippen LogP contribution in [-0.2, 0) is 41.4 Å². The molecule has 1 heterocycles. The number of nitrogens with two attached hydrogens (primary N) is 1. The first-order chi connectivity index (χ1) is 27.7. The average molecular weight is 810 g/mol. The van der Waals surface area contributed by atoms with Gasteiger partial charge < -0.3 is 49.5 Å². The molecule has 1 saturated heterocycles. The second kappa shape index (κ2) is 21.8. The molecule has 14 nitrogen and oxygen atoms in total. The molecule has 1 aliphatic carbocycles. The molecule has 1 aliphatic heterocycles. The molecule has 14 heteroatoms. The van der Waals surface area contributed by atoms with Gasteiger partial charge in [0, 0.05) is 32.0 Å². The van der Waals surface area contributed by atoms with Crippen LogP contribution in [0.3, 0.4) is 0 Å². The maximum Gasteiger partial charge on any atom is 0.410 e. The molecule has 2 aliphatic rings. The van der Waals surface area contributed by atoms with Gasteiger partial charge in [-0.25, -0.2) is 9.59 Å². The maximum atomic E-state index is 13.0. The molecule has 0 radical (unpaired) electrons. The monoisotopic (exact) mass is 809 g/mol. The number of rotatable bonds is 21. The first kappa shape index (κ1) is 45.9. The largest absolute Gasteiger partial charge is 0.493 e. The normalized spacial score (nSPS) is 21.1. The van der Waals surface area contributed by atoms with Crippen LogP contribution in [0.4, 0.5) is 4.79 Å². The van der Waals surface area contributed by atoms with Crippen LogP contribution in [0.2, 0.25) is 0 Å². The number of nitrogens with one attached hydrogen (secondary N) is 2. The number of cyclic esters (lactones) is 1. The molecule has 0 aromatic heterocycles. The van der Waals surface area contributed by atoms with Crippen molar-refractivity contribution in [3.05, 3.63) is 59.7 Å². The summed E-state index contributed by atoms with van der Waals surface area (Å²) in [5, 5.41) is 6.08. The number of esters is 3. The first-order valence-electron chi connectivity index (χ1n) is 20.2. The van der Waals surface area contributed by atoms with Crippen molar-refractivity contribution in [1.29, 1.82) is 0 Å². The highest BCUT2D eigenvalue weighted by Crippen LogP contribution is 2.36. The summed E-state index contributed by atoms with van der Waals surface area (Å²) >= 11 is 0. The van der Waals surface area contributed by atoms with E-state index in [2.05, 4.69) is 31.1 Å². The highest BCUT2D eigenvalue weighted by molar-refractivity contribution is 5.79. The fourth-order valence-electron chi connectivity index (χ4n) is 7.70. The molecule has 2 aromatic rings. The van der Waals surface area contributed by atoms with Gasteiger partial charge in [-0.15, -0.1) is 6.58 Å². The summed E-state index contributed by atoms with van der Waals surface area (Å²) in [7, 11) is 4.65. The van der Waals surface area contributed by atoms with E-state index in [1.54, 1.807) is 32.4 Å². The second-order valence-corrected chi connectivity index (χ2v) is 15.9. The number of ether oxygens (including phenoxy) is 7. The number of alkyl carbamates (subject to hydrolysis) is 1. The molecule has 2 fully saturated rings. The molecular formula is C44H63N3O11. The Kier molecular flexibility index (Phi) is 17.2. The Hall–Kier alpha value is -4.82. The first-order valence-corrected chi connectivity index (χ1v) is 20.2. The van der Waals surface area contributed by atoms with E-state index in [0.29, 0.717) is 68.9 Å². The Labute approximate surface area is 342 Å². The summed E-state index contributed by atoms with van der Waals surface area (Å²) < 4.78 is 38.1. The highest BCUT2D eigenvalue weighted by atomic mass is 16.7. The lowest BCUT2D eigenvalue weighted by Gasteiger charge is -2.29. The molecule has 4 rings (SSSR count). The molecule has 320 valence electrons. The number of carbonyl (C=O) groups excluding carboxylic acids is 4. The lowest BCUT2D eigenvalue weighted by atomic mass is 9.79. The predicted molar refractivity (Wildman–Crippen MR) is 218 cm³/mol. The third-order valence-electron chi connectivity index (χ3n) is 11.3. The van der Waals surface area contributed by atoms with E-state index in [1.165, 1.54) is 14.0 Å². The van der Waals surface area contributed by atoms with Gasteiger partial charge in [0.2, 0.25) is 6.29 Å². The third kappa shape index (κ3) is 13.4. The van der Waals surface area contributed by atoms with E-state index < -0.39 is 30.4 Å². The molecule has 2 aromatic carbocycles. The lowest BCUT2D eigenvalue weighted by Crippen LogP contribution is -2.47. The molecule has 0 bridgehead atoms. The third-order valence-corrected chi connectivity index (χ3v) is 11.3. The fraction of sp³-hybridized carbons (Fsp3) is 0.591. The molecule has 58 heavy (non-hydrogen) atoms. The average Bonchev–Trinajstić information content (AvgIpc) is 3.54.